The van der Waals surface area contributed by atoms with E-state index in [1.165, 1.54) is 4.31 Å². The molecule has 2 N–H and O–H groups in total. The highest BCUT2D eigenvalue weighted by Crippen LogP contribution is 2.27. The molecule has 7 heteroatoms. The second-order valence-electron chi connectivity index (χ2n) is 4.39. The maximum atomic E-state index is 12.7. The van der Waals surface area contributed by atoms with E-state index in [1.807, 2.05) is 13.0 Å². The van der Waals surface area contributed by atoms with Crippen LogP contribution in [0.2, 0.25) is 0 Å². The summed E-state index contributed by atoms with van der Waals surface area (Å²) in [5.41, 5.74) is 7.09. The fourth-order valence-electron chi connectivity index (χ4n) is 1.87. The van der Waals surface area contributed by atoms with Crippen molar-refractivity contribution in [3.05, 3.63) is 27.7 Å². The monoisotopic (exact) mass is 364 g/mol. The van der Waals surface area contributed by atoms with Crippen LogP contribution < -0.4 is 5.73 Å². The molecule has 0 aliphatic carbocycles. The SMILES string of the molecule is CCN(CCOC)S(=O)(=O)c1cc(CN)cc(Br)c1C. The van der Waals surface area contributed by atoms with Crippen molar-refractivity contribution in [2.75, 3.05) is 26.8 Å². The Kier molecular flexibility index (Phi) is 6.60. The van der Waals surface area contributed by atoms with E-state index in [-0.39, 0.29) is 0 Å². The van der Waals surface area contributed by atoms with Gasteiger partial charge in [-0.1, -0.05) is 22.9 Å². The quantitative estimate of drug-likeness (QED) is 0.801. The smallest absolute Gasteiger partial charge is 0.243 e. The van der Waals surface area contributed by atoms with Gasteiger partial charge in [-0.3, -0.25) is 0 Å². The average molecular weight is 365 g/mol. The molecule has 0 saturated carbocycles. The summed E-state index contributed by atoms with van der Waals surface area (Å²) in [5.74, 6) is 0. The highest BCUT2D eigenvalue weighted by atomic mass is 79.9. The van der Waals surface area contributed by atoms with Gasteiger partial charge >= 0.3 is 0 Å². The van der Waals surface area contributed by atoms with Crippen LogP contribution in [-0.4, -0.2) is 39.5 Å². The molecule has 1 rings (SSSR count). The molecule has 0 fully saturated rings. The molecule has 20 heavy (non-hydrogen) atoms. The molecule has 1 aromatic rings. The van der Waals surface area contributed by atoms with E-state index in [1.54, 1.807) is 20.1 Å². The van der Waals surface area contributed by atoms with Gasteiger partial charge in [0.15, 0.2) is 0 Å². The van der Waals surface area contributed by atoms with Crippen LogP contribution in [0.1, 0.15) is 18.1 Å². The highest BCUT2D eigenvalue weighted by molar-refractivity contribution is 9.10. The van der Waals surface area contributed by atoms with Crippen LogP contribution in [0.3, 0.4) is 0 Å². The van der Waals surface area contributed by atoms with Crippen molar-refractivity contribution >= 4 is 26.0 Å². The summed E-state index contributed by atoms with van der Waals surface area (Å²) in [6, 6.07) is 3.49. The van der Waals surface area contributed by atoms with Crippen molar-refractivity contribution in [3.8, 4) is 0 Å². The van der Waals surface area contributed by atoms with E-state index >= 15 is 0 Å². The predicted octanol–water partition coefficient (Wildman–Crippen LogP) is 1.87. The summed E-state index contributed by atoms with van der Waals surface area (Å²) in [4.78, 5) is 0.297. The molecule has 0 atom stereocenters. The Hall–Kier alpha value is -0.470. The molecule has 0 aliphatic rings. The lowest BCUT2D eigenvalue weighted by Gasteiger charge is -2.22. The largest absolute Gasteiger partial charge is 0.383 e. The Bertz CT molecular complexity index is 561. The first-order valence-electron chi connectivity index (χ1n) is 6.36. The number of nitrogens with two attached hydrogens (primary N) is 1. The number of rotatable bonds is 7. The topological polar surface area (TPSA) is 72.6 Å². The predicted molar refractivity (Wildman–Crippen MR) is 83.1 cm³/mol. The number of hydrogen-bond acceptors (Lipinski definition) is 4. The van der Waals surface area contributed by atoms with Crippen molar-refractivity contribution < 1.29 is 13.2 Å². The number of likely N-dealkylation sites (N-methyl/N-ethyl adjacent to an activating group) is 1. The number of sulfonamides is 1. The summed E-state index contributed by atoms with van der Waals surface area (Å²) in [5, 5.41) is 0. The van der Waals surface area contributed by atoms with E-state index < -0.39 is 10.0 Å². The van der Waals surface area contributed by atoms with Crippen molar-refractivity contribution in [1.82, 2.24) is 4.31 Å². The summed E-state index contributed by atoms with van der Waals surface area (Å²) in [6.07, 6.45) is 0. The lowest BCUT2D eigenvalue weighted by Crippen LogP contribution is -2.34. The molecule has 0 amide bonds. The highest BCUT2D eigenvalue weighted by Gasteiger charge is 2.25. The minimum Gasteiger partial charge on any atom is -0.383 e. The van der Waals surface area contributed by atoms with Gasteiger partial charge in [0.05, 0.1) is 11.5 Å². The zero-order chi connectivity index (χ0) is 15.3. The van der Waals surface area contributed by atoms with Crippen LogP contribution >= 0.6 is 15.9 Å². The number of ether oxygens (including phenoxy) is 1. The molecule has 114 valence electrons. The lowest BCUT2D eigenvalue weighted by molar-refractivity contribution is 0.180. The zero-order valence-electron chi connectivity index (χ0n) is 12.0. The lowest BCUT2D eigenvalue weighted by atomic mass is 10.1. The molecule has 0 bridgehead atoms. The molecule has 0 heterocycles. The Labute approximate surface area is 129 Å². The fourth-order valence-corrected chi connectivity index (χ4v) is 4.24. The number of hydrogen-bond donors (Lipinski definition) is 1. The van der Waals surface area contributed by atoms with Gasteiger partial charge in [-0.2, -0.15) is 4.31 Å². The Morgan fingerprint density at radius 3 is 2.55 bits per heavy atom. The number of benzene rings is 1. The minimum absolute atomic E-state index is 0.297. The third-order valence-electron chi connectivity index (χ3n) is 3.11. The maximum absolute atomic E-state index is 12.7. The van der Waals surface area contributed by atoms with E-state index in [2.05, 4.69) is 15.9 Å². The average Bonchev–Trinajstić information content (AvgIpc) is 2.42. The second kappa shape index (κ2) is 7.51. The number of methoxy groups -OCH3 is 1. The normalized spacial score (nSPS) is 12.1. The van der Waals surface area contributed by atoms with Crippen molar-refractivity contribution in [2.45, 2.75) is 25.3 Å². The third-order valence-corrected chi connectivity index (χ3v) is 6.03. The van der Waals surface area contributed by atoms with Crippen molar-refractivity contribution in [1.29, 1.82) is 0 Å². The molecule has 0 spiro atoms. The van der Waals surface area contributed by atoms with Gasteiger partial charge in [0, 0.05) is 31.2 Å². The molecule has 0 aliphatic heterocycles. The van der Waals surface area contributed by atoms with E-state index in [4.69, 9.17) is 10.5 Å². The fraction of sp³-hybridized carbons (Fsp3) is 0.538. The van der Waals surface area contributed by atoms with Gasteiger partial charge in [-0.05, 0) is 30.2 Å². The first-order chi connectivity index (χ1) is 9.38. The Balaban J connectivity index is 3.29. The molecule has 1 aromatic carbocycles. The first kappa shape index (κ1) is 17.6. The van der Waals surface area contributed by atoms with Crippen LogP contribution in [0.5, 0.6) is 0 Å². The number of nitrogens with zero attached hydrogens (tertiary/aromatic N) is 1. The standard InChI is InChI=1S/C13H21BrN2O3S/c1-4-16(5-6-19-3)20(17,18)13-8-11(9-15)7-12(14)10(13)2/h7-8H,4-6,9,15H2,1-3H3. The molecule has 5 nitrogen and oxygen atoms in total. The van der Waals surface area contributed by atoms with Crippen LogP contribution in [0.15, 0.2) is 21.5 Å². The van der Waals surface area contributed by atoms with E-state index in [9.17, 15) is 8.42 Å². The minimum atomic E-state index is -3.54. The molecule has 0 aromatic heterocycles. The van der Waals surface area contributed by atoms with E-state index in [0.29, 0.717) is 36.7 Å². The van der Waals surface area contributed by atoms with Crippen LogP contribution in [0.25, 0.3) is 0 Å². The zero-order valence-corrected chi connectivity index (χ0v) is 14.4. The summed E-state index contributed by atoms with van der Waals surface area (Å²) in [7, 11) is -1.99. The number of halogens is 1. The second-order valence-corrected chi connectivity index (χ2v) is 7.16. The van der Waals surface area contributed by atoms with Crippen LogP contribution in [0, 0.1) is 6.92 Å². The van der Waals surface area contributed by atoms with Crippen LogP contribution in [0.4, 0.5) is 0 Å². The van der Waals surface area contributed by atoms with Gasteiger partial charge in [0.1, 0.15) is 0 Å². The molecule has 0 saturated heterocycles. The van der Waals surface area contributed by atoms with Crippen molar-refractivity contribution in [3.63, 3.8) is 0 Å². The van der Waals surface area contributed by atoms with Crippen LogP contribution in [-0.2, 0) is 21.3 Å². The van der Waals surface area contributed by atoms with Gasteiger partial charge < -0.3 is 10.5 Å². The molecule has 0 unspecified atom stereocenters. The first-order valence-corrected chi connectivity index (χ1v) is 8.60. The Morgan fingerprint density at radius 2 is 2.05 bits per heavy atom. The van der Waals surface area contributed by atoms with E-state index in [0.717, 1.165) is 10.0 Å². The summed E-state index contributed by atoms with van der Waals surface area (Å²) < 4.78 is 32.6. The maximum Gasteiger partial charge on any atom is 0.243 e. The summed E-state index contributed by atoms with van der Waals surface area (Å²) >= 11 is 3.39. The summed E-state index contributed by atoms with van der Waals surface area (Å²) in [6.45, 7) is 4.98. The van der Waals surface area contributed by atoms with Crippen molar-refractivity contribution in [2.24, 2.45) is 5.73 Å². The molecular formula is C13H21BrN2O3S. The third kappa shape index (κ3) is 3.79. The van der Waals surface area contributed by atoms with Gasteiger partial charge in [-0.15, -0.1) is 0 Å². The molecular weight excluding hydrogens is 344 g/mol. The Morgan fingerprint density at radius 1 is 1.40 bits per heavy atom. The van der Waals surface area contributed by atoms with Gasteiger partial charge in [-0.25, -0.2) is 8.42 Å². The van der Waals surface area contributed by atoms with Gasteiger partial charge in [0.25, 0.3) is 0 Å². The van der Waals surface area contributed by atoms with Gasteiger partial charge in [0.2, 0.25) is 10.0 Å². The molecule has 0 radical (unpaired) electrons.